The van der Waals surface area contributed by atoms with Gasteiger partial charge in [0.25, 0.3) is 0 Å². The van der Waals surface area contributed by atoms with Crippen molar-refractivity contribution in [1.29, 1.82) is 0 Å². The van der Waals surface area contributed by atoms with E-state index >= 15 is 0 Å². The smallest absolute Gasteiger partial charge is 0.444 e. The van der Waals surface area contributed by atoms with Gasteiger partial charge in [-0.15, -0.1) is 10.2 Å². The SMILES string of the molecule is CC(C)(C)OC(=O)N[C@@H]1CC[C@@H]2CN(c3nnc(C(F)(F)F)s3)C[C@H]21. The Labute approximate surface area is 147 Å². The summed E-state index contributed by atoms with van der Waals surface area (Å²) in [5, 5.41) is 9.20. The normalized spacial score (nSPS) is 26.6. The molecule has 2 aliphatic rings. The lowest BCUT2D eigenvalue weighted by molar-refractivity contribution is -0.138. The largest absolute Gasteiger partial charge is 0.445 e. The minimum atomic E-state index is -4.47. The van der Waals surface area contributed by atoms with Crippen LogP contribution in [0.15, 0.2) is 0 Å². The van der Waals surface area contributed by atoms with Crippen molar-refractivity contribution >= 4 is 22.6 Å². The standard InChI is InChI=1S/C15H21F3N4O2S/c1-14(2,3)24-13(23)19-10-5-4-8-6-22(7-9(8)10)12-21-20-11(25-12)15(16,17)18/h8-10H,4-7H2,1-3H3,(H,19,23)/t8-,9-,10-/m1/s1. The van der Waals surface area contributed by atoms with Crippen molar-refractivity contribution in [2.45, 2.75) is 51.4 Å². The Hall–Kier alpha value is -1.58. The van der Waals surface area contributed by atoms with Crippen molar-refractivity contribution in [2.24, 2.45) is 11.8 Å². The Morgan fingerprint density at radius 2 is 1.96 bits per heavy atom. The molecule has 3 atom stereocenters. The van der Waals surface area contributed by atoms with E-state index in [9.17, 15) is 18.0 Å². The first kappa shape index (κ1) is 18.2. The van der Waals surface area contributed by atoms with E-state index in [1.807, 2.05) is 4.90 Å². The highest BCUT2D eigenvalue weighted by Gasteiger charge is 2.45. The minimum absolute atomic E-state index is 0.0279. The molecule has 10 heteroatoms. The van der Waals surface area contributed by atoms with E-state index in [1.165, 1.54) is 0 Å². The van der Waals surface area contributed by atoms with Crippen molar-refractivity contribution < 1.29 is 22.7 Å². The van der Waals surface area contributed by atoms with Crippen LogP contribution in [0.25, 0.3) is 0 Å². The highest BCUT2D eigenvalue weighted by Crippen LogP contribution is 2.42. The molecule has 3 rings (SSSR count). The molecular weight excluding hydrogens is 357 g/mol. The molecule has 1 N–H and O–H groups in total. The molecule has 1 saturated carbocycles. The first-order valence-corrected chi connectivity index (χ1v) is 9.00. The molecule has 1 amide bonds. The summed E-state index contributed by atoms with van der Waals surface area (Å²) in [5.74, 6) is 0.518. The highest BCUT2D eigenvalue weighted by atomic mass is 32.1. The van der Waals surface area contributed by atoms with E-state index in [0.29, 0.717) is 30.3 Å². The van der Waals surface area contributed by atoms with Crippen molar-refractivity contribution in [3.8, 4) is 0 Å². The van der Waals surface area contributed by atoms with Gasteiger partial charge in [0.1, 0.15) is 5.60 Å². The zero-order chi connectivity index (χ0) is 18.4. The fourth-order valence-corrected chi connectivity index (χ4v) is 4.25. The number of ether oxygens (including phenoxy) is 1. The maximum atomic E-state index is 12.7. The third kappa shape index (κ3) is 4.16. The van der Waals surface area contributed by atoms with E-state index in [4.69, 9.17) is 4.74 Å². The van der Waals surface area contributed by atoms with Crippen molar-refractivity contribution in [3.63, 3.8) is 0 Å². The molecule has 0 radical (unpaired) electrons. The average Bonchev–Trinajstić information content (AvgIpc) is 3.10. The van der Waals surface area contributed by atoms with Gasteiger partial charge in [0, 0.05) is 25.0 Å². The number of alkyl carbamates (subject to hydrolysis) is 1. The van der Waals surface area contributed by atoms with Crippen LogP contribution < -0.4 is 10.2 Å². The zero-order valence-corrected chi connectivity index (χ0v) is 15.1. The fourth-order valence-electron chi connectivity index (χ4n) is 3.52. The molecule has 0 aromatic carbocycles. The first-order valence-electron chi connectivity index (χ1n) is 8.18. The number of alkyl halides is 3. The Bertz CT molecular complexity index is 643. The lowest BCUT2D eigenvalue weighted by atomic mass is 9.98. The van der Waals surface area contributed by atoms with Crippen molar-refractivity contribution in [3.05, 3.63) is 5.01 Å². The monoisotopic (exact) mass is 378 g/mol. The summed E-state index contributed by atoms with van der Waals surface area (Å²) >= 11 is 0.565. The summed E-state index contributed by atoms with van der Waals surface area (Å²) in [5.41, 5.74) is -0.565. The van der Waals surface area contributed by atoms with E-state index < -0.39 is 22.9 Å². The molecular formula is C15H21F3N4O2S. The van der Waals surface area contributed by atoms with E-state index in [0.717, 1.165) is 12.8 Å². The third-order valence-corrected chi connectivity index (χ3v) is 5.52. The second-order valence-electron chi connectivity index (χ2n) is 7.55. The zero-order valence-electron chi connectivity index (χ0n) is 14.3. The average molecular weight is 378 g/mol. The fraction of sp³-hybridized carbons (Fsp3) is 0.800. The minimum Gasteiger partial charge on any atom is -0.444 e. The van der Waals surface area contributed by atoms with Gasteiger partial charge in [-0.25, -0.2) is 4.79 Å². The summed E-state index contributed by atoms with van der Waals surface area (Å²) in [7, 11) is 0. The van der Waals surface area contributed by atoms with E-state index in [2.05, 4.69) is 15.5 Å². The second kappa shape index (κ2) is 6.30. The topological polar surface area (TPSA) is 67.3 Å². The van der Waals surface area contributed by atoms with Gasteiger partial charge >= 0.3 is 12.3 Å². The molecule has 1 aromatic heterocycles. The Balaban J connectivity index is 1.62. The highest BCUT2D eigenvalue weighted by molar-refractivity contribution is 7.15. The molecule has 6 nitrogen and oxygen atoms in total. The van der Waals surface area contributed by atoms with Crippen LogP contribution in [0.2, 0.25) is 0 Å². The number of nitrogens with one attached hydrogen (secondary N) is 1. The van der Waals surface area contributed by atoms with Crippen LogP contribution in [0, 0.1) is 11.8 Å². The summed E-state index contributed by atoms with van der Waals surface area (Å²) in [6.07, 6.45) is -3.14. The van der Waals surface area contributed by atoms with Gasteiger partial charge in [-0.2, -0.15) is 13.2 Å². The number of hydrogen-bond acceptors (Lipinski definition) is 6. The summed E-state index contributed by atoms with van der Waals surface area (Å²) < 4.78 is 43.4. The number of carbonyl (C=O) groups is 1. The maximum absolute atomic E-state index is 12.7. The maximum Gasteiger partial charge on any atom is 0.445 e. The molecule has 140 valence electrons. The van der Waals surface area contributed by atoms with Gasteiger partial charge in [-0.05, 0) is 39.5 Å². The summed E-state index contributed by atoms with van der Waals surface area (Å²) in [6.45, 7) is 6.61. The number of nitrogens with zero attached hydrogens (tertiary/aromatic N) is 3. The number of aromatic nitrogens is 2. The van der Waals surface area contributed by atoms with Gasteiger partial charge in [0.2, 0.25) is 10.1 Å². The number of anilines is 1. The van der Waals surface area contributed by atoms with Crippen LogP contribution in [0.5, 0.6) is 0 Å². The first-order chi connectivity index (χ1) is 11.5. The van der Waals surface area contributed by atoms with Crippen molar-refractivity contribution in [1.82, 2.24) is 15.5 Å². The lowest BCUT2D eigenvalue weighted by Crippen LogP contribution is -2.42. The van der Waals surface area contributed by atoms with Crippen LogP contribution in [-0.4, -0.2) is 41.0 Å². The molecule has 0 spiro atoms. The number of rotatable bonds is 2. The molecule has 0 bridgehead atoms. The molecule has 25 heavy (non-hydrogen) atoms. The molecule has 2 fully saturated rings. The predicted molar refractivity (Wildman–Crippen MR) is 86.5 cm³/mol. The Morgan fingerprint density at radius 1 is 1.24 bits per heavy atom. The van der Waals surface area contributed by atoms with Crippen LogP contribution in [0.1, 0.15) is 38.6 Å². The van der Waals surface area contributed by atoms with Crippen LogP contribution in [0.3, 0.4) is 0 Å². The number of hydrogen-bond donors (Lipinski definition) is 1. The number of halogens is 3. The second-order valence-corrected chi connectivity index (χ2v) is 8.50. The van der Waals surface area contributed by atoms with Crippen molar-refractivity contribution in [2.75, 3.05) is 18.0 Å². The van der Waals surface area contributed by atoms with Crippen LogP contribution >= 0.6 is 11.3 Å². The quantitative estimate of drug-likeness (QED) is 0.855. The van der Waals surface area contributed by atoms with Crippen LogP contribution in [-0.2, 0) is 10.9 Å². The molecule has 1 aromatic rings. The predicted octanol–water partition coefficient (Wildman–Crippen LogP) is 3.30. The van der Waals surface area contributed by atoms with Crippen LogP contribution in [0.4, 0.5) is 23.1 Å². The Morgan fingerprint density at radius 3 is 2.56 bits per heavy atom. The third-order valence-electron chi connectivity index (χ3n) is 4.49. The van der Waals surface area contributed by atoms with Gasteiger partial charge in [0.15, 0.2) is 0 Å². The summed E-state index contributed by atoms with van der Waals surface area (Å²) in [4.78, 5) is 13.8. The molecule has 1 saturated heterocycles. The number of carbonyl (C=O) groups excluding carboxylic acids is 1. The molecule has 1 aliphatic heterocycles. The van der Waals surface area contributed by atoms with Gasteiger partial charge in [-0.3, -0.25) is 0 Å². The number of amides is 1. The van der Waals surface area contributed by atoms with E-state index in [-0.39, 0.29) is 17.1 Å². The van der Waals surface area contributed by atoms with Gasteiger partial charge in [0.05, 0.1) is 0 Å². The van der Waals surface area contributed by atoms with Gasteiger partial charge in [-0.1, -0.05) is 11.3 Å². The molecule has 1 aliphatic carbocycles. The summed E-state index contributed by atoms with van der Waals surface area (Å²) in [6, 6.07) is -0.0279. The molecule has 2 heterocycles. The van der Waals surface area contributed by atoms with Gasteiger partial charge < -0.3 is 15.0 Å². The Kier molecular flexibility index (Phi) is 4.59. The van der Waals surface area contributed by atoms with E-state index in [1.54, 1.807) is 20.8 Å². The molecule has 0 unspecified atom stereocenters. The number of fused-ring (bicyclic) bond motifs is 1. The lowest BCUT2D eigenvalue weighted by Gasteiger charge is -2.24.